The van der Waals surface area contributed by atoms with E-state index in [1.165, 1.54) is 12.1 Å². The molecular weight excluding hydrogens is 328 g/mol. The minimum atomic E-state index is -1.06. The van der Waals surface area contributed by atoms with Crippen LogP contribution in [0.15, 0.2) is 35.1 Å². The van der Waals surface area contributed by atoms with Crippen molar-refractivity contribution in [1.82, 2.24) is 15.5 Å². The molecular formula is C12H11BrN4O3. The van der Waals surface area contributed by atoms with Gasteiger partial charge in [0.25, 0.3) is 0 Å². The number of rotatable bonds is 4. The molecule has 104 valence electrons. The Bertz CT molecular complexity index is 628. The van der Waals surface area contributed by atoms with Crippen LogP contribution >= 0.6 is 15.9 Å². The number of amides is 2. The number of anilines is 1. The van der Waals surface area contributed by atoms with Crippen LogP contribution in [-0.2, 0) is 6.54 Å². The van der Waals surface area contributed by atoms with Crippen LogP contribution in [0.25, 0.3) is 0 Å². The molecule has 4 N–H and O–H groups in total. The number of hydrogen-bond acceptors (Lipinski definition) is 3. The van der Waals surface area contributed by atoms with Crippen molar-refractivity contribution in [3.8, 4) is 0 Å². The van der Waals surface area contributed by atoms with Crippen LogP contribution in [-0.4, -0.2) is 27.3 Å². The third kappa shape index (κ3) is 3.58. The molecule has 0 aliphatic rings. The smallest absolute Gasteiger partial charge is 0.335 e. The number of aromatic carboxylic acids is 1. The fourth-order valence-corrected chi connectivity index (χ4v) is 1.82. The number of urea groups is 1. The molecule has 2 aromatic rings. The summed E-state index contributed by atoms with van der Waals surface area (Å²) in [4.78, 5) is 22.6. The molecule has 20 heavy (non-hydrogen) atoms. The summed E-state index contributed by atoms with van der Waals surface area (Å²) in [5.41, 5.74) is 1.31. The van der Waals surface area contributed by atoms with E-state index in [1.807, 2.05) is 0 Å². The molecule has 0 aliphatic heterocycles. The molecule has 0 saturated carbocycles. The molecule has 0 bridgehead atoms. The maximum absolute atomic E-state index is 11.7. The summed E-state index contributed by atoms with van der Waals surface area (Å²) < 4.78 is 0.598. The van der Waals surface area contributed by atoms with E-state index >= 15 is 0 Å². The van der Waals surface area contributed by atoms with E-state index < -0.39 is 12.0 Å². The predicted octanol–water partition coefficient (Wildman–Crippen LogP) is 2.19. The van der Waals surface area contributed by atoms with Gasteiger partial charge >= 0.3 is 12.0 Å². The van der Waals surface area contributed by atoms with E-state index in [0.717, 1.165) is 5.56 Å². The molecule has 7 nitrogen and oxygen atoms in total. The summed E-state index contributed by atoms with van der Waals surface area (Å²) in [6.45, 7) is 0.318. The van der Waals surface area contributed by atoms with Gasteiger partial charge in [0, 0.05) is 22.8 Å². The van der Waals surface area contributed by atoms with Crippen LogP contribution in [0.5, 0.6) is 0 Å². The summed E-state index contributed by atoms with van der Waals surface area (Å²) >= 11 is 3.25. The van der Waals surface area contributed by atoms with Crippen molar-refractivity contribution in [3.05, 3.63) is 46.2 Å². The van der Waals surface area contributed by atoms with Crippen LogP contribution in [0.2, 0.25) is 0 Å². The molecule has 0 saturated heterocycles. The largest absolute Gasteiger partial charge is 0.478 e. The number of halogens is 1. The number of carbonyl (C=O) groups is 2. The number of carbonyl (C=O) groups excluding carboxylic acids is 1. The van der Waals surface area contributed by atoms with Crippen molar-refractivity contribution in [3.63, 3.8) is 0 Å². The van der Waals surface area contributed by atoms with Gasteiger partial charge in [0.2, 0.25) is 0 Å². The van der Waals surface area contributed by atoms with Gasteiger partial charge in [0.15, 0.2) is 0 Å². The molecule has 0 fully saturated rings. The summed E-state index contributed by atoms with van der Waals surface area (Å²) in [6, 6.07) is 3.95. The average molecular weight is 339 g/mol. The zero-order valence-electron chi connectivity index (χ0n) is 10.2. The van der Waals surface area contributed by atoms with E-state index in [1.54, 1.807) is 18.5 Å². The van der Waals surface area contributed by atoms with Crippen LogP contribution in [0.1, 0.15) is 15.9 Å². The Balaban J connectivity index is 2.00. The van der Waals surface area contributed by atoms with E-state index in [2.05, 4.69) is 36.8 Å². The van der Waals surface area contributed by atoms with E-state index in [0.29, 0.717) is 16.7 Å². The highest BCUT2D eigenvalue weighted by molar-refractivity contribution is 9.10. The molecule has 1 aromatic carbocycles. The van der Waals surface area contributed by atoms with Gasteiger partial charge in [0.05, 0.1) is 17.4 Å². The van der Waals surface area contributed by atoms with Crippen LogP contribution in [0, 0.1) is 0 Å². The Hall–Kier alpha value is -2.35. The topological polar surface area (TPSA) is 107 Å². The Labute approximate surface area is 122 Å². The quantitative estimate of drug-likeness (QED) is 0.685. The highest BCUT2D eigenvalue weighted by Gasteiger charge is 2.09. The Kier molecular flexibility index (Phi) is 4.36. The van der Waals surface area contributed by atoms with Gasteiger partial charge in [0.1, 0.15) is 0 Å². The third-order valence-electron chi connectivity index (χ3n) is 2.47. The molecule has 1 heterocycles. The second-order valence-corrected chi connectivity index (χ2v) is 4.77. The number of benzene rings is 1. The first kappa shape index (κ1) is 14.1. The zero-order valence-corrected chi connectivity index (χ0v) is 11.8. The lowest BCUT2D eigenvalue weighted by atomic mass is 10.2. The Morgan fingerprint density at radius 3 is 2.85 bits per heavy atom. The normalized spacial score (nSPS) is 10.1. The van der Waals surface area contributed by atoms with Crippen molar-refractivity contribution >= 4 is 33.6 Å². The summed E-state index contributed by atoms with van der Waals surface area (Å²) in [5, 5.41) is 20.5. The molecule has 2 amide bonds. The van der Waals surface area contributed by atoms with Crippen molar-refractivity contribution in [1.29, 1.82) is 0 Å². The lowest BCUT2D eigenvalue weighted by molar-refractivity contribution is 0.0697. The van der Waals surface area contributed by atoms with Crippen molar-refractivity contribution in [2.45, 2.75) is 6.54 Å². The summed E-state index contributed by atoms with van der Waals surface area (Å²) in [6.07, 6.45) is 3.27. The Morgan fingerprint density at radius 1 is 1.40 bits per heavy atom. The fraction of sp³-hybridized carbons (Fsp3) is 0.0833. The molecule has 0 unspecified atom stereocenters. The fourth-order valence-electron chi connectivity index (χ4n) is 1.48. The lowest BCUT2D eigenvalue weighted by Crippen LogP contribution is -2.28. The van der Waals surface area contributed by atoms with E-state index in [-0.39, 0.29) is 5.56 Å². The second-order valence-electron chi connectivity index (χ2n) is 3.91. The van der Waals surface area contributed by atoms with Gasteiger partial charge in [-0.3, -0.25) is 5.10 Å². The SMILES string of the molecule is O=C(NCc1cn[nH]c1)Nc1cc(C(=O)O)ccc1Br. The minimum Gasteiger partial charge on any atom is -0.478 e. The lowest BCUT2D eigenvalue weighted by Gasteiger charge is -2.09. The molecule has 8 heteroatoms. The third-order valence-corrected chi connectivity index (χ3v) is 3.16. The molecule has 0 spiro atoms. The maximum atomic E-state index is 11.7. The zero-order chi connectivity index (χ0) is 14.5. The van der Waals surface area contributed by atoms with Crippen molar-refractivity contribution < 1.29 is 14.7 Å². The first-order valence-corrected chi connectivity index (χ1v) is 6.41. The van der Waals surface area contributed by atoms with Gasteiger partial charge < -0.3 is 15.7 Å². The summed E-state index contributed by atoms with van der Waals surface area (Å²) in [5.74, 6) is -1.06. The molecule has 0 radical (unpaired) electrons. The van der Waals surface area contributed by atoms with Gasteiger partial charge in [-0.15, -0.1) is 0 Å². The number of aromatic nitrogens is 2. The van der Waals surface area contributed by atoms with Gasteiger partial charge in [-0.05, 0) is 34.1 Å². The maximum Gasteiger partial charge on any atom is 0.335 e. The number of carboxylic acid groups (broad SMARTS) is 1. The van der Waals surface area contributed by atoms with Gasteiger partial charge in [-0.25, -0.2) is 9.59 Å². The monoisotopic (exact) mass is 338 g/mol. The van der Waals surface area contributed by atoms with Crippen molar-refractivity contribution in [2.75, 3.05) is 5.32 Å². The minimum absolute atomic E-state index is 0.0957. The number of aromatic amines is 1. The predicted molar refractivity (Wildman–Crippen MR) is 75.5 cm³/mol. The molecule has 1 aromatic heterocycles. The molecule has 2 rings (SSSR count). The van der Waals surface area contributed by atoms with Crippen LogP contribution < -0.4 is 10.6 Å². The van der Waals surface area contributed by atoms with Gasteiger partial charge in [-0.1, -0.05) is 0 Å². The van der Waals surface area contributed by atoms with Crippen molar-refractivity contribution in [2.24, 2.45) is 0 Å². The standard InChI is InChI=1S/C12H11BrN4O3/c13-9-2-1-8(11(18)19)3-10(9)17-12(20)14-4-7-5-15-16-6-7/h1-3,5-6H,4H2,(H,15,16)(H,18,19)(H2,14,17,20). The highest BCUT2D eigenvalue weighted by Crippen LogP contribution is 2.23. The van der Waals surface area contributed by atoms with Crippen LogP contribution in [0.4, 0.5) is 10.5 Å². The van der Waals surface area contributed by atoms with Crippen LogP contribution in [0.3, 0.4) is 0 Å². The first-order chi connectivity index (χ1) is 9.56. The first-order valence-electron chi connectivity index (χ1n) is 5.61. The van der Waals surface area contributed by atoms with E-state index in [9.17, 15) is 9.59 Å². The molecule has 0 atom stereocenters. The summed E-state index contributed by atoms with van der Waals surface area (Å²) in [7, 11) is 0. The highest BCUT2D eigenvalue weighted by atomic mass is 79.9. The number of H-pyrrole nitrogens is 1. The molecule has 0 aliphatic carbocycles. The number of nitrogens with one attached hydrogen (secondary N) is 3. The number of nitrogens with zero attached hydrogens (tertiary/aromatic N) is 1. The number of hydrogen-bond donors (Lipinski definition) is 4. The second kappa shape index (κ2) is 6.20. The Morgan fingerprint density at radius 2 is 2.20 bits per heavy atom. The average Bonchev–Trinajstić information content (AvgIpc) is 2.92. The van der Waals surface area contributed by atoms with E-state index in [4.69, 9.17) is 5.11 Å². The number of carboxylic acids is 1. The van der Waals surface area contributed by atoms with Gasteiger partial charge in [-0.2, -0.15) is 5.10 Å².